The molecule has 0 amide bonds. The quantitative estimate of drug-likeness (QED) is 0.920. The summed E-state index contributed by atoms with van der Waals surface area (Å²) in [5.74, 6) is 0. The van der Waals surface area contributed by atoms with Crippen molar-refractivity contribution in [1.82, 2.24) is 4.72 Å². The van der Waals surface area contributed by atoms with Gasteiger partial charge < -0.3 is 0 Å². The lowest BCUT2D eigenvalue weighted by Gasteiger charge is -2.13. The van der Waals surface area contributed by atoms with E-state index in [0.717, 1.165) is 15.3 Å². The lowest BCUT2D eigenvalue weighted by Crippen LogP contribution is -2.26. The van der Waals surface area contributed by atoms with Gasteiger partial charge in [0.15, 0.2) is 0 Å². The van der Waals surface area contributed by atoms with E-state index in [0.29, 0.717) is 0 Å². The zero-order valence-electron chi connectivity index (χ0n) is 11.8. The van der Waals surface area contributed by atoms with Crippen molar-refractivity contribution < 1.29 is 8.42 Å². The van der Waals surface area contributed by atoms with E-state index in [4.69, 9.17) is 5.26 Å². The van der Waals surface area contributed by atoms with Crippen LogP contribution in [0.3, 0.4) is 0 Å². The lowest BCUT2D eigenvalue weighted by molar-refractivity contribution is 0.568. The van der Waals surface area contributed by atoms with Gasteiger partial charge in [0.25, 0.3) is 0 Å². The molecule has 2 aromatic rings. The molecule has 1 heterocycles. The molecule has 0 saturated heterocycles. The molecule has 0 saturated carbocycles. The summed E-state index contributed by atoms with van der Waals surface area (Å²) in [6.07, 6.45) is 0.276. The number of hydrogen-bond donors (Lipinski definition) is 1. The Kier molecular flexibility index (Phi) is 4.78. The lowest BCUT2D eigenvalue weighted by atomic mass is 10.2. The Bertz CT molecular complexity index is 756. The molecule has 0 fully saturated rings. The van der Waals surface area contributed by atoms with E-state index < -0.39 is 10.0 Å². The number of nitrogens with one attached hydrogen (secondary N) is 1. The molecule has 21 heavy (non-hydrogen) atoms. The molecule has 1 N–H and O–H groups in total. The molecule has 0 spiro atoms. The smallest absolute Gasteiger partial charge is 0.207 e. The number of hydrogen-bond acceptors (Lipinski definition) is 4. The molecule has 0 radical (unpaired) electrons. The third-order valence-electron chi connectivity index (χ3n) is 3.04. The molecule has 4 nitrogen and oxygen atoms in total. The van der Waals surface area contributed by atoms with Crippen molar-refractivity contribution in [2.24, 2.45) is 0 Å². The van der Waals surface area contributed by atoms with Crippen LogP contribution in [0, 0.1) is 18.3 Å². The fraction of sp³-hybridized carbons (Fsp3) is 0.267. The summed E-state index contributed by atoms with van der Waals surface area (Å²) in [7, 11) is -3.56. The van der Waals surface area contributed by atoms with Crippen molar-refractivity contribution in [2.75, 3.05) is 0 Å². The normalized spacial score (nSPS) is 12.8. The molecular weight excluding hydrogens is 304 g/mol. The van der Waals surface area contributed by atoms with Crippen LogP contribution in [-0.4, -0.2) is 8.42 Å². The van der Waals surface area contributed by atoms with Gasteiger partial charge in [-0.2, -0.15) is 5.26 Å². The number of sulfonamides is 1. The van der Waals surface area contributed by atoms with Crippen LogP contribution in [0.1, 0.15) is 28.3 Å². The Hall–Kier alpha value is -1.68. The third kappa shape index (κ3) is 3.91. The summed E-state index contributed by atoms with van der Waals surface area (Å²) >= 11 is 1.58. The second-order valence-electron chi connectivity index (χ2n) is 4.77. The molecule has 1 atom stereocenters. The number of thiophene rings is 1. The van der Waals surface area contributed by atoms with Crippen LogP contribution in [0.2, 0.25) is 0 Å². The first-order valence-corrected chi connectivity index (χ1v) is 8.77. The van der Waals surface area contributed by atoms with Gasteiger partial charge in [0.1, 0.15) is 0 Å². The summed E-state index contributed by atoms with van der Waals surface area (Å²) < 4.78 is 27.3. The van der Waals surface area contributed by atoms with E-state index in [1.807, 2.05) is 32.0 Å². The topological polar surface area (TPSA) is 70.0 Å². The van der Waals surface area contributed by atoms with Crippen molar-refractivity contribution in [1.29, 1.82) is 5.26 Å². The second-order valence-corrected chi connectivity index (χ2v) is 7.80. The van der Waals surface area contributed by atoms with Crippen molar-refractivity contribution in [2.45, 2.75) is 31.2 Å². The molecule has 0 aliphatic carbocycles. The van der Waals surface area contributed by atoms with Gasteiger partial charge in [0, 0.05) is 9.75 Å². The van der Waals surface area contributed by atoms with Gasteiger partial charge in [0.05, 0.1) is 23.4 Å². The van der Waals surface area contributed by atoms with Gasteiger partial charge in [-0.1, -0.05) is 12.1 Å². The molecular formula is C15H16N2O2S2. The van der Waals surface area contributed by atoms with Crippen LogP contribution in [0.15, 0.2) is 41.3 Å². The Morgan fingerprint density at radius 3 is 2.43 bits per heavy atom. The zero-order valence-corrected chi connectivity index (χ0v) is 13.5. The van der Waals surface area contributed by atoms with Gasteiger partial charge in [-0.05, 0) is 43.7 Å². The van der Waals surface area contributed by atoms with Gasteiger partial charge in [-0.3, -0.25) is 0 Å². The average molecular weight is 320 g/mol. The van der Waals surface area contributed by atoms with Gasteiger partial charge in [-0.25, -0.2) is 13.1 Å². The monoisotopic (exact) mass is 320 g/mol. The highest BCUT2D eigenvalue weighted by atomic mass is 32.2. The molecule has 2 rings (SSSR count). The van der Waals surface area contributed by atoms with Gasteiger partial charge in [-0.15, -0.1) is 11.3 Å². The Morgan fingerprint density at radius 2 is 1.90 bits per heavy atom. The molecule has 110 valence electrons. The number of nitriles is 1. The summed E-state index contributed by atoms with van der Waals surface area (Å²) in [6, 6.07) is 12.1. The highest BCUT2D eigenvalue weighted by Crippen LogP contribution is 2.24. The largest absolute Gasteiger partial charge is 0.241 e. The SMILES string of the molecule is Cc1ccc(C(C)NS(=O)(=O)c2ccc(CC#N)cc2)s1. The van der Waals surface area contributed by atoms with Crippen molar-refractivity contribution in [3.63, 3.8) is 0 Å². The van der Waals surface area contributed by atoms with Crippen molar-refractivity contribution in [3.05, 3.63) is 51.7 Å². The van der Waals surface area contributed by atoms with E-state index >= 15 is 0 Å². The predicted octanol–water partition coefficient (Wildman–Crippen LogP) is 3.16. The highest BCUT2D eigenvalue weighted by molar-refractivity contribution is 7.89. The Balaban J connectivity index is 2.16. The number of aryl methyl sites for hydroxylation is 1. The van der Waals surface area contributed by atoms with Crippen LogP contribution in [0.25, 0.3) is 0 Å². The Morgan fingerprint density at radius 1 is 1.24 bits per heavy atom. The summed E-state index contributed by atoms with van der Waals surface area (Å²) in [6.45, 7) is 3.82. The first-order chi connectivity index (χ1) is 9.92. The molecule has 1 unspecified atom stereocenters. The van der Waals surface area contributed by atoms with Gasteiger partial charge in [0.2, 0.25) is 10.0 Å². The maximum atomic E-state index is 12.3. The maximum absolute atomic E-state index is 12.3. The number of rotatable bonds is 5. The van der Waals surface area contributed by atoms with Crippen LogP contribution in [-0.2, 0) is 16.4 Å². The van der Waals surface area contributed by atoms with Gasteiger partial charge >= 0.3 is 0 Å². The summed E-state index contributed by atoms with van der Waals surface area (Å²) in [5, 5.41) is 8.62. The van der Waals surface area contributed by atoms with E-state index in [2.05, 4.69) is 4.72 Å². The van der Waals surface area contributed by atoms with Crippen LogP contribution >= 0.6 is 11.3 Å². The molecule has 0 aliphatic rings. The zero-order chi connectivity index (χ0) is 15.5. The predicted molar refractivity (Wildman–Crippen MR) is 83.6 cm³/mol. The first kappa shape index (κ1) is 15.7. The first-order valence-electron chi connectivity index (χ1n) is 6.47. The minimum atomic E-state index is -3.56. The van der Waals surface area contributed by atoms with E-state index in [1.165, 1.54) is 12.1 Å². The fourth-order valence-electron chi connectivity index (χ4n) is 1.92. The van der Waals surface area contributed by atoms with Crippen molar-refractivity contribution >= 4 is 21.4 Å². The highest BCUT2D eigenvalue weighted by Gasteiger charge is 2.19. The summed E-state index contributed by atoms with van der Waals surface area (Å²) in [5.41, 5.74) is 0.804. The molecule has 0 aliphatic heterocycles. The van der Waals surface area contributed by atoms with Crippen LogP contribution in [0.5, 0.6) is 0 Å². The minimum Gasteiger partial charge on any atom is -0.207 e. The molecule has 1 aromatic heterocycles. The average Bonchev–Trinajstić information content (AvgIpc) is 2.86. The van der Waals surface area contributed by atoms with Crippen molar-refractivity contribution in [3.8, 4) is 6.07 Å². The maximum Gasteiger partial charge on any atom is 0.241 e. The van der Waals surface area contributed by atoms with E-state index in [1.54, 1.807) is 23.5 Å². The van der Waals surface area contributed by atoms with Crippen LogP contribution in [0.4, 0.5) is 0 Å². The fourth-order valence-corrected chi connectivity index (χ4v) is 4.10. The molecule has 0 bridgehead atoms. The second kappa shape index (κ2) is 6.39. The standard InChI is InChI=1S/C15H16N2O2S2/c1-11-3-8-15(20-11)12(2)17-21(18,19)14-6-4-13(5-7-14)9-10-16/h3-8,12,17H,9H2,1-2H3. The molecule has 1 aromatic carbocycles. The minimum absolute atomic E-state index is 0.212. The third-order valence-corrected chi connectivity index (χ3v) is 5.78. The van der Waals surface area contributed by atoms with E-state index in [9.17, 15) is 8.42 Å². The number of benzene rings is 1. The Labute approximate surface area is 129 Å². The van der Waals surface area contributed by atoms with Crippen LogP contribution < -0.4 is 4.72 Å². The summed E-state index contributed by atoms with van der Waals surface area (Å²) in [4.78, 5) is 2.35. The number of nitrogens with zero attached hydrogens (tertiary/aromatic N) is 1. The van der Waals surface area contributed by atoms with E-state index in [-0.39, 0.29) is 17.4 Å². The molecule has 6 heteroatoms.